The standard InChI is InChI=1S/C18H19N5O4/c1-3-26-13-4-6-14(7-5-13)27-11(2)17(24)22-23-18(25)12-8-15-16(19-9-12)21-10-20-15/h4-11H,3H2,1-2H3,(H,22,24)(H,23,25)(H,19,20,21). The first-order valence-electron chi connectivity index (χ1n) is 8.35. The molecule has 140 valence electrons. The van der Waals surface area contributed by atoms with Crippen LogP contribution in [0, 0.1) is 0 Å². The van der Waals surface area contributed by atoms with Crippen molar-refractivity contribution in [3.05, 3.63) is 48.4 Å². The number of hydrazine groups is 1. The third kappa shape index (κ3) is 4.51. The van der Waals surface area contributed by atoms with Crippen molar-refractivity contribution >= 4 is 23.0 Å². The van der Waals surface area contributed by atoms with Gasteiger partial charge < -0.3 is 14.5 Å². The molecule has 0 bridgehead atoms. The van der Waals surface area contributed by atoms with E-state index in [0.717, 1.165) is 5.75 Å². The van der Waals surface area contributed by atoms with Gasteiger partial charge in [-0.15, -0.1) is 0 Å². The van der Waals surface area contributed by atoms with Crippen LogP contribution in [0.25, 0.3) is 11.2 Å². The highest BCUT2D eigenvalue weighted by Gasteiger charge is 2.16. The van der Waals surface area contributed by atoms with Crippen molar-refractivity contribution in [1.82, 2.24) is 25.8 Å². The van der Waals surface area contributed by atoms with Crippen molar-refractivity contribution < 1.29 is 19.1 Å². The minimum Gasteiger partial charge on any atom is -0.494 e. The molecule has 27 heavy (non-hydrogen) atoms. The van der Waals surface area contributed by atoms with Crippen LogP contribution in [0.3, 0.4) is 0 Å². The third-order valence-electron chi connectivity index (χ3n) is 3.65. The molecule has 9 nitrogen and oxygen atoms in total. The van der Waals surface area contributed by atoms with Crippen LogP contribution in [-0.2, 0) is 4.79 Å². The van der Waals surface area contributed by atoms with E-state index < -0.39 is 17.9 Å². The average molecular weight is 369 g/mol. The van der Waals surface area contributed by atoms with Gasteiger partial charge in [0.15, 0.2) is 11.8 Å². The number of H-pyrrole nitrogens is 1. The molecule has 0 fully saturated rings. The number of ether oxygens (including phenoxy) is 2. The number of aromatic amines is 1. The summed E-state index contributed by atoms with van der Waals surface area (Å²) in [5.41, 5.74) is 6.09. The molecule has 1 atom stereocenters. The number of rotatable bonds is 6. The van der Waals surface area contributed by atoms with Crippen LogP contribution in [0.5, 0.6) is 11.5 Å². The summed E-state index contributed by atoms with van der Waals surface area (Å²) >= 11 is 0. The minimum atomic E-state index is -0.809. The van der Waals surface area contributed by atoms with Crippen molar-refractivity contribution in [2.45, 2.75) is 20.0 Å². The molecule has 1 aromatic carbocycles. The van der Waals surface area contributed by atoms with Crippen molar-refractivity contribution in [3.8, 4) is 11.5 Å². The highest BCUT2D eigenvalue weighted by atomic mass is 16.5. The van der Waals surface area contributed by atoms with Crippen molar-refractivity contribution in [1.29, 1.82) is 0 Å². The second-order valence-electron chi connectivity index (χ2n) is 5.61. The molecule has 2 heterocycles. The van der Waals surface area contributed by atoms with E-state index in [0.29, 0.717) is 23.5 Å². The van der Waals surface area contributed by atoms with E-state index in [-0.39, 0.29) is 5.56 Å². The molecule has 3 aromatic rings. The maximum atomic E-state index is 12.1. The van der Waals surface area contributed by atoms with Crippen molar-refractivity contribution in [2.75, 3.05) is 6.61 Å². The van der Waals surface area contributed by atoms with Crippen LogP contribution in [0.15, 0.2) is 42.9 Å². The van der Waals surface area contributed by atoms with E-state index in [4.69, 9.17) is 9.47 Å². The van der Waals surface area contributed by atoms with Crippen LogP contribution < -0.4 is 20.3 Å². The summed E-state index contributed by atoms with van der Waals surface area (Å²) < 4.78 is 10.9. The smallest absolute Gasteiger partial charge is 0.279 e. The Morgan fingerprint density at radius 3 is 2.63 bits per heavy atom. The second-order valence-corrected chi connectivity index (χ2v) is 5.61. The Labute approximate surface area is 155 Å². The normalized spacial score (nSPS) is 11.6. The number of aromatic nitrogens is 3. The van der Waals surface area contributed by atoms with E-state index in [9.17, 15) is 9.59 Å². The molecule has 2 amide bonds. The first kappa shape index (κ1) is 18.2. The number of pyridine rings is 1. The molecule has 3 N–H and O–H groups in total. The summed E-state index contributed by atoms with van der Waals surface area (Å²) in [6.45, 7) is 4.05. The maximum absolute atomic E-state index is 12.1. The molecule has 2 aromatic heterocycles. The van der Waals surface area contributed by atoms with Crippen LogP contribution in [0.1, 0.15) is 24.2 Å². The topological polar surface area (TPSA) is 118 Å². The summed E-state index contributed by atoms with van der Waals surface area (Å²) in [7, 11) is 0. The Bertz CT molecular complexity index is 938. The molecule has 1 unspecified atom stereocenters. The zero-order valence-corrected chi connectivity index (χ0v) is 14.9. The third-order valence-corrected chi connectivity index (χ3v) is 3.65. The second kappa shape index (κ2) is 8.17. The van der Waals surface area contributed by atoms with Gasteiger partial charge in [0.25, 0.3) is 11.8 Å². The number of hydrogen-bond acceptors (Lipinski definition) is 6. The zero-order valence-electron chi connectivity index (χ0n) is 14.9. The number of fused-ring (bicyclic) bond motifs is 1. The van der Waals surface area contributed by atoms with Gasteiger partial charge >= 0.3 is 0 Å². The largest absolute Gasteiger partial charge is 0.494 e. The molecule has 0 spiro atoms. The van der Waals surface area contributed by atoms with E-state index >= 15 is 0 Å². The lowest BCUT2D eigenvalue weighted by Gasteiger charge is -2.15. The predicted octanol–water partition coefficient (Wildman–Crippen LogP) is 1.59. The fourth-order valence-corrected chi connectivity index (χ4v) is 2.28. The Morgan fingerprint density at radius 1 is 1.15 bits per heavy atom. The van der Waals surface area contributed by atoms with Gasteiger partial charge in [-0.1, -0.05) is 0 Å². The van der Waals surface area contributed by atoms with Crippen LogP contribution >= 0.6 is 0 Å². The zero-order chi connectivity index (χ0) is 19.2. The van der Waals surface area contributed by atoms with E-state index in [1.165, 1.54) is 12.5 Å². The number of carbonyl (C=O) groups excluding carboxylic acids is 2. The first-order chi connectivity index (χ1) is 13.1. The molecule has 0 aliphatic heterocycles. The molecule has 0 radical (unpaired) electrons. The number of benzene rings is 1. The number of nitrogens with zero attached hydrogens (tertiary/aromatic N) is 2. The van der Waals surface area contributed by atoms with E-state index in [1.54, 1.807) is 37.3 Å². The molecule has 0 aliphatic rings. The fourth-order valence-electron chi connectivity index (χ4n) is 2.28. The molecule has 3 rings (SSSR count). The van der Waals surface area contributed by atoms with Crippen LogP contribution in [0.2, 0.25) is 0 Å². The first-order valence-corrected chi connectivity index (χ1v) is 8.35. The van der Waals surface area contributed by atoms with E-state index in [1.807, 2.05) is 6.92 Å². The number of imidazole rings is 1. The Hall–Kier alpha value is -3.62. The molecule has 0 saturated carbocycles. The summed E-state index contributed by atoms with van der Waals surface area (Å²) in [4.78, 5) is 35.2. The molecular formula is C18H19N5O4. The number of carbonyl (C=O) groups is 2. The monoisotopic (exact) mass is 369 g/mol. The van der Waals surface area contributed by atoms with Crippen LogP contribution in [-0.4, -0.2) is 39.5 Å². The average Bonchev–Trinajstić information content (AvgIpc) is 3.15. The minimum absolute atomic E-state index is 0.284. The highest BCUT2D eigenvalue weighted by molar-refractivity contribution is 5.97. The van der Waals surface area contributed by atoms with Crippen LogP contribution in [0.4, 0.5) is 0 Å². The van der Waals surface area contributed by atoms with Gasteiger partial charge in [0.05, 0.1) is 24.0 Å². The Morgan fingerprint density at radius 2 is 1.89 bits per heavy atom. The SMILES string of the molecule is CCOc1ccc(OC(C)C(=O)NNC(=O)c2cnc3nc[nH]c3c2)cc1. The molecule has 0 saturated heterocycles. The van der Waals surface area contributed by atoms with Crippen molar-refractivity contribution in [2.24, 2.45) is 0 Å². The van der Waals surface area contributed by atoms with Gasteiger partial charge in [0, 0.05) is 6.20 Å². The lowest BCUT2D eigenvalue weighted by atomic mass is 10.2. The Balaban J connectivity index is 1.52. The van der Waals surface area contributed by atoms with Crippen molar-refractivity contribution in [3.63, 3.8) is 0 Å². The van der Waals surface area contributed by atoms with Gasteiger partial charge in [-0.3, -0.25) is 20.4 Å². The lowest BCUT2D eigenvalue weighted by molar-refractivity contribution is -0.128. The van der Waals surface area contributed by atoms with Gasteiger partial charge in [-0.25, -0.2) is 9.97 Å². The quantitative estimate of drug-likeness (QED) is 0.568. The van der Waals surface area contributed by atoms with Gasteiger partial charge in [-0.05, 0) is 44.2 Å². The molecule has 0 aliphatic carbocycles. The summed E-state index contributed by atoms with van der Waals surface area (Å²) in [6.07, 6.45) is 2.06. The molecular weight excluding hydrogens is 350 g/mol. The maximum Gasteiger partial charge on any atom is 0.279 e. The summed E-state index contributed by atoms with van der Waals surface area (Å²) in [5, 5.41) is 0. The van der Waals surface area contributed by atoms with E-state index in [2.05, 4.69) is 25.8 Å². The lowest BCUT2D eigenvalue weighted by Crippen LogP contribution is -2.47. The Kier molecular flexibility index (Phi) is 5.50. The fraction of sp³-hybridized carbons (Fsp3) is 0.222. The number of amides is 2. The van der Waals surface area contributed by atoms with Gasteiger partial charge in [-0.2, -0.15) is 0 Å². The van der Waals surface area contributed by atoms with Gasteiger partial charge in [0.2, 0.25) is 0 Å². The summed E-state index contributed by atoms with van der Waals surface area (Å²) in [5.74, 6) is 0.242. The highest BCUT2D eigenvalue weighted by Crippen LogP contribution is 2.18. The number of hydrogen-bond donors (Lipinski definition) is 3. The summed E-state index contributed by atoms with van der Waals surface area (Å²) in [6, 6.07) is 8.52. The predicted molar refractivity (Wildman–Crippen MR) is 97.2 cm³/mol. The van der Waals surface area contributed by atoms with Gasteiger partial charge in [0.1, 0.15) is 11.5 Å². The number of nitrogens with one attached hydrogen (secondary N) is 3. The molecule has 9 heteroatoms.